The summed E-state index contributed by atoms with van der Waals surface area (Å²) in [5, 5.41) is 0. The number of anilines is 1. The smallest absolute Gasteiger partial charge is 0.435 e. The van der Waals surface area contributed by atoms with Crippen LogP contribution in [0.4, 0.5) is 28.2 Å². The quantitative estimate of drug-likeness (QED) is 0.650. The number of nitrogens with zero attached hydrogens (tertiary/aromatic N) is 4. The molecule has 0 fully saturated rings. The maximum atomic E-state index is 13.1. The Morgan fingerprint density at radius 2 is 1.87 bits per heavy atom. The molecule has 0 unspecified atom stereocenters. The summed E-state index contributed by atoms with van der Waals surface area (Å²) in [6.45, 7) is 3.04. The normalized spacial score (nSPS) is 17.7. The molecule has 3 heterocycles. The summed E-state index contributed by atoms with van der Waals surface area (Å²) in [4.78, 5) is 21.8. The monoisotopic (exact) mass is 436 g/mol. The van der Waals surface area contributed by atoms with Gasteiger partial charge in [0.05, 0.1) is 0 Å². The van der Waals surface area contributed by atoms with Crippen molar-refractivity contribution in [2.75, 3.05) is 31.2 Å². The predicted molar refractivity (Wildman–Crippen MR) is 107 cm³/mol. The van der Waals surface area contributed by atoms with Gasteiger partial charge < -0.3 is 9.32 Å². The first kappa shape index (κ1) is 21.0. The van der Waals surface area contributed by atoms with Gasteiger partial charge >= 0.3 is 12.2 Å². The summed E-state index contributed by atoms with van der Waals surface area (Å²) in [6.07, 6.45) is -1.93. The molecule has 0 bridgehead atoms. The molecule has 2 aromatic rings. The molecule has 10 heteroatoms. The molecule has 0 atom stereocenters. The molecule has 0 saturated carbocycles. The summed E-state index contributed by atoms with van der Waals surface area (Å²) in [5.41, 5.74) is 2.03. The summed E-state index contributed by atoms with van der Waals surface area (Å²) >= 11 is 0. The molecule has 4 rings (SSSR count). The summed E-state index contributed by atoms with van der Waals surface area (Å²) < 4.78 is 56.4. The Hall–Kier alpha value is -3.30. The zero-order chi connectivity index (χ0) is 22.2. The van der Waals surface area contributed by atoms with Crippen molar-refractivity contribution in [1.82, 2.24) is 9.80 Å². The van der Waals surface area contributed by atoms with E-state index in [4.69, 9.17) is 4.42 Å². The van der Waals surface area contributed by atoms with Gasteiger partial charge in [-0.25, -0.2) is 19.1 Å². The first-order valence-electron chi connectivity index (χ1n) is 9.78. The summed E-state index contributed by atoms with van der Waals surface area (Å²) in [7, 11) is 0. The van der Waals surface area contributed by atoms with Crippen LogP contribution in [0.15, 0.2) is 51.9 Å². The molecule has 1 aromatic heterocycles. The molecule has 0 N–H and O–H groups in total. The Balaban J connectivity index is 1.51. The fourth-order valence-corrected chi connectivity index (χ4v) is 3.62. The van der Waals surface area contributed by atoms with Gasteiger partial charge in [-0.2, -0.15) is 13.2 Å². The second-order valence-corrected chi connectivity index (χ2v) is 7.12. The van der Waals surface area contributed by atoms with Crippen LogP contribution in [0, 0.1) is 5.82 Å². The van der Waals surface area contributed by atoms with Crippen molar-refractivity contribution < 1.29 is 26.8 Å². The zero-order valence-corrected chi connectivity index (χ0v) is 16.7. The summed E-state index contributed by atoms with van der Waals surface area (Å²) in [6, 6.07) is 7.71. The van der Waals surface area contributed by atoms with Crippen molar-refractivity contribution in [2.45, 2.75) is 19.5 Å². The molecule has 2 aliphatic heterocycles. The second kappa shape index (κ2) is 8.09. The minimum Gasteiger partial charge on any atom is -0.435 e. The topological polar surface area (TPSA) is 52.3 Å². The third-order valence-electron chi connectivity index (χ3n) is 5.22. The van der Waals surface area contributed by atoms with Gasteiger partial charge in [0.2, 0.25) is 17.6 Å². The highest BCUT2D eigenvalue weighted by Gasteiger charge is 2.38. The molecule has 0 radical (unpaired) electrons. The van der Waals surface area contributed by atoms with E-state index in [1.54, 1.807) is 19.1 Å². The Bertz CT molecular complexity index is 1030. The average molecular weight is 436 g/mol. The zero-order valence-electron chi connectivity index (χ0n) is 16.7. The van der Waals surface area contributed by atoms with Crippen LogP contribution in [0.3, 0.4) is 0 Å². The molecule has 1 aromatic carbocycles. The third-order valence-corrected chi connectivity index (χ3v) is 5.22. The van der Waals surface area contributed by atoms with E-state index in [1.165, 1.54) is 17.0 Å². The second-order valence-electron chi connectivity index (χ2n) is 7.12. The molecule has 2 aliphatic rings. The Morgan fingerprint density at radius 1 is 1.13 bits per heavy atom. The van der Waals surface area contributed by atoms with Gasteiger partial charge in [-0.1, -0.05) is 18.2 Å². The highest BCUT2D eigenvalue weighted by atomic mass is 19.4. The van der Waals surface area contributed by atoms with Crippen molar-refractivity contribution in [3.05, 3.63) is 59.6 Å². The molecule has 0 saturated heterocycles. The van der Waals surface area contributed by atoms with E-state index < -0.39 is 18.0 Å². The lowest BCUT2D eigenvalue weighted by Crippen LogP contribution is -2.56. The fraction of sp³-hybridized carbons (Fsp3) is 0.333. The minimum atomic E-state index is -4.63. The molecule has 0 spiro atoms. The Kier molecular flexibility index (Phi) is 5.47. The number of guanidine groups is 1. The number of hydrogen-bond acceptors (Lipinski definition) is 4. The highest BCUT2D eigenvalue weighted by Crippen LogP contribution is 2.34. The molecule has 164 valence electrons. The third kappa shape index (κ3) is 4.14. The van der Waals surface area contributed by atoms with E-state index >= 15 is 0 Å². The first-order chi connectivity index (χ1) is 14.8. The molecular weight excluding hydrogens is 416 g/mol. The Labute approximate surface area is 176 Å². The maximum absolute atomic E-state index is 13.1. The minimum absolute atomic E-state index is 0.138. The van der Waals surface area contributed by atoms with E-state index in [9.17, 15) is 22.4 Å². The number of amides is 2. The van der Waals surface area contributed by atoms with Gasteiger partial charge in [0, 0.05) is 25.7 Å². The van der Waals surface area contributed by atoms with Gasteiger partial charge in [0.1, 0.15) is 12.5 Å². The molecular formula is C21H20F4N4O2. The van der Waals surface area contributed by atoms with Crippen LogP contribution < -0.4 is 4.90 Å². The van der Waals surface area contributed by atoms with E-state index in [0.717, 1.165) is 28.2 Å². The maximum Gasteiger partial charge on any atom is 0.449 e. The van der Waals surface area contributed by atoms with Gasteiger partial charge in [-0.05, 0) is 42.7 Å². The number of carbonyl (C=O) groups is 1. The number of carbonyl (C=O) groups excluding carboxylic acids is 1. The highest BCUT2D eigenvalue weighted by molar-refractivity contribution is 6.05. The predicted octanol–water partition coefficient (Wildman–Crippen LogP) is 4.80. The van der Waals surface area contributed by atoms with Crippen molar-refractivity contribution in [3.63, 3.8) is 0 Å². The summed E-state index contributed by atoms with van der Waals surface area (Å²) in [5.74, 6) is -1.18. The lowest BCUT2D eigenvalue weighted by Gasteiger charge is -2.39. The number of halogens is 4. The Morgan fingerprint density at radius 3 is 2.45 bits per heavy atom. The van der Waals surface area contributed by atoms with E-state index in [1.807, 2.05) is 11.0 Å². The van der Waals surface area contributed by atoms with Crippen LogP contribution in [0.1, 0.15) is 24.7 Å². The number of rotatable bonds is 3. The largest absolute Gasteiger partial charge is 0.449 e. The van der Waals surface area contributed by atoms with Crippen molar-refractivity contribution in [2.24, 2.45) is 4.99 Å². The standard InChI is InChI=1S/C21H20F4N4O2/c1-2-28-19(27-11-9-15(10-12-27)14-3-5-16(22)6-4-14)26-13-29(20(28)30)18-8-7-17(31-18)21(23,24)25/h3-9H,2,10-13H2,1H3. The first-order valence-corrected chi connectivity index (χ1v) is 9.78. The van der Waals surface area contributed by atoms with Crippen LogP contribution in [0.5, 0.6) is 0 Å². The number of urea groups is 1. The molecule has 6 nitrogen and oxygen atoms in total. The van der Waals surface area contributed by atoms with Crippen LogP contribution in [0.2, 0.25) is 0 Å². The van der Waals surface area contributed by atoms with Crippen LogP contribution in [-0.2, 0) is 6.18 Å². The van der Waals surface area contributed by atoms with E-state index in [-0.39, 0.29) is 18.4 Å². The van der Waals surface area contributed by atoms with Crippen LogP contribution >= 0.6 is 0 Å². The SMILES string of the molecule is CCN1C(=O)N(c2ccc(C(F)(F)F)o2)CN=C1N1CC=C(c2ccc(F)cc2)CC1. The lowest BCUT2D eigenvalue weighted by atomic mass is 9.99. The van der Waals surface area contributed by atoms with Crippen molar-refractivity contribution in [3.8, 4) is 0 Å². The van der Waals surface area contributed by atoms with Gasteiger partial charge in [-0.15, -0.1) is 0 Å². The molecule has 31 heavy (non-hydrogen) atoms. The van der Waals surface area contributed by atoms with E-state index in [2.05, 4.69) is 4.99 Å². The van der Waals surface area contributed by atoms with Gasteiger partial charge in [-0.3, -0.25) is 4.90 Å². The van der Waals surface area contributed by atoms with Crippen molar-refractivity contribution >= 4 is 23.4 Å². The van der Waals surface area contributed by atoms with Crippen LogP contribution in [0.25, 0.3) is 5.57 Å². The molecule has 2 amide bonds. The number of alkyl halides is 3. The number of furan rings is 1. The number of benzene rings is 1. The van der Waals surface area contributed by atoms with Crippen LogP contribution in [-0.4, -0.2) is 48.1 Å². The lowest BCUT2D eigenvalue weighted by molar-refractivity contribution is -0.152. The van der Waals surface area contributed by atoms with Gasteiger partial charge in [0.15, 0.2) is 0 Å². The molecule has 0 aliphatic carbocycles. The van der Waals surface area contributed by atoms with Crippen molar-refractivity contribution in [1.29, 1.82) is 0 Å². The fourth-order valence-electron chi connectivity index (χ4n) is 3.62. The average Bonchev–Trinajstić information content (AvgIpc) is 3.25. The number of aliphatic imine (C=N–C) groups is 1. The van der Waals surface area contributed by atoms with E-state index in [0.29, 0.717) is 32.0 Å². The van der Waals surface area contributed by atoms with Gasteiger partial charge in [0.25, 0.3) is 0 Å². The number of hydrogen-bond donors (Lipinski definition) is 0.